The predicted molar refractivity (Wildman–Crippen MR) is 59.8 cm³/mol. The highest BCUT2D eigenvalue weighted by Gasteiger charge is 2.28. The van der Waals surface area contributed by atoms with Crippen LogP contribution in [-0.4, -0.2) is 44.0 Å². The van der Waals surface area contributed by atoms with Crippen LogP contribution in [0.25, 0.3) is 0 Å². The maximum Gasteiger partial charge on any atom is 0.390 e. The van der Waals surface area contributed by atoms with Gasteiger partial charge in [0, 0.05) is 19.8 Å². The second kappa shape index (κ2) is 5.21. The van der Waals surface area contributed by atoms with Crippen molar-refractivity contribution >= 4 is 15.9 Å². The van der Waals surface area contributed by atoms with Crippen molar-refractivity contribution in [2.75, 3.05) is 13.6 Å². The number of hydrogen-bond donors (Lipinski definition) is 2. The number of rotatable bonds is 4. The highest BCUT2D eigenvalue weighted by atomic mass is 32.2. The summed E-state index contributed by atoms with van der Waals surface area (Å²) in [5.74, 6) is -0.751. The third-order valence-electron chi connectivity index (χ3n) is 2.29. The van der Waals surface area contributed by atoms with Crippen molar-refractivity contribution in [1.29, 1.82) is 0 Å². The molecule has 3 N–H and O–H groups in total. The smallest absolute Gasteiger partial charge is 0.356 e. The summed E-state index contributed by atoms with van der Waals surface area (Å²) in [5.41, 5.74) is -0.145. The van der Waals surface area contributed by atoms with E-state index >= 15 is 0 Å². The molecule has 0 bridgehead atoms. The van der Waals surface area contributed by atoms with Gasteiger partial charge in [0.15, 0.2) is 0 Å². The second-order valence-corrected chi connectivity index (χ2v) is 5.45. The van der Waals surface area contributed by atoms with Crippen molar-refractivity contribution in [1.82, 2.24) is 9.88 Å². The summed E-state index contributed by atoms with van der Waals surface area (Å²) >= 11 is 0. The van der Waals surface area contributed by atoms with Crippen LogP contribution >= 0.6 is 0 Å². The molecular formula is C9H12F3N3O3S. The summed E-state index contributed by atoms with van der Waals surface area (Å²) < 4.78 is 58.0. The Labute approximate surface area is 107 Å². The number of sulfonamides is 1. The van der Waals surface area contributed by atoms with E-state index in [0.29, 0.717) is 0 Å². The highest BCUT2D eigenvalue weighted by Crippen LogP contribution is 2.20. The standard InChI is InChI=1S/C9H12F3N3O3S/c1-15(3-2-9(10,11)12)8(16)7-4-6(5-14-7)19(13,17)18/h4-5,14H,2-3H2,1H3,(H2,13,17,18). The van der Waals surface area contributed by atoms with Crippen molar-refractivity contribution < 1.29 is 26.4 Å². The first-order chi connectivity index (χ1) is 8.50. The molecule has 0 fully saturated rings. The maximum absolute atomic E-state index is 12.0. The molecule has 0 atom stereocenters. The van der Waals surface area contributed by atoms with Gasteiger partial charge in [-0.15, -0.1) is 0 Å². The molecule has 0 spiro atoms. The van der Waals surface area contributed by atoms with Crippen LogP contribution in [0.5, 0.6) is 0 Å². The number of alkyl halides is 3. The first-order valence-electron chi connectivity index (χ1n) is 5.04. The minimum atomic E-state index is -4.37. The van der Waals surface area contributed by atoms with E-state index in [1.807, 2.05) is 0 Å². The zero-order valence-corrected chi connectivity index (χ0v) is 10.7. The lowest BCUT2D eigenvalue weighted by Crippen LogP contribution is -2.30. The van der Waals surface area contributed by atoms with Crippen LogP contribution in [0.3, 0.4) is 0 Å². The number of carbonyl (C=O) groups is 1. The Kier molecular flexibility index (Phi) is 4.25. The summed E-state index contributed by atoms with van der Waals surface area (Å²) in [6.07, 6.45) is -4.51. The number of nitrogens with zero attached hydrogens (tertiary/aromatic N) is 1. The van der Waals surface area contributed by atoms with Crippen LogP contribution in [0.2, 0.25) is 0 Å². The molecule has 0 aliphatic heterocycles. The molecule has 1 aromatic rings. The molecule has 0 saturated heterocycles. The van der Waals surface area contributed by atoms with E-state index in [1.165, 1.54) is 7.05 Å². The van der Waals surface area contributed by atoms with E-state index in [2.05, 4.69) is 4.98 Å². The predicted octanol–water partition coefficient (Wildman–Crippen LogP) is 0.687. The van der Waals surface area contributed by atoms with Gasteiger partial charge in [-0.1, -0.05) is 0 Å². The molecule has 1 amide bonds. The quantitative estimate of drug-likeness (QED) is 0.856. The highest BCUT2D eigenvalue weighted by molar-refractivity contribution is 7.89. The average molecular weight is 299 g/mol. The lowest BCUT2D eigenvalue weighted by atomic mass is 10.3. The maximum atomic E-state index is 12.0. The molecule has 1 heterocycles. The van der Waals surface area contributed by atoms with E-state index in [4.69, 9.17) is 5.14 Å². The zero-order valence-electron chi connectivity index (χ0n) is 9.86. The molecule has 6 nitrogen and oxygen atoms in total. The largest absolute Gasteiger partial charge is 0.390 e. The number of nitrogens with two attached hydrogens (primary N) is 1. The normalized spacial score (nSPS) is 12.5. The Balaban J connectivity index is 2.75. The number of hydrogen-bond acceptors (Lipinski definition) is 3. The first-order valence-corrected chi connectivity index (χ1v) is 6.59. The summed E-state index contributed by atoms with van der Waals surface area (Å²) in [6, 6.07) is 0.974. The van der Waals surface area contributed by atoms with Crippen LogP contribution in [0.1, 0.15) is 16.9 Å². The monoisotopic (exact) mass is 299 g/mol. The number of halogens is 3. The topological polar surface area (TPSA) is 96.3 Å². The minimum absolute atomic E-state index is 0.145. The summed E-state index contributed by atoms with van der Waals surface area (Å²) in [4.78, 5) is 14.6. The second-order valence-electron chi connectivity index (χ2n) is 3.89. The van der Waals surface area contributed by atoms with Crippen LogP contribution in [0, 0.1) is 0 Å². The molecule has 0 aliphatic carbocycles. The Hall–Kier alpha value is -1.55. The average Bonchev–Trinajstić information content (AvgIpc) is 2.72. The fourth-order valence-electron chi connectivity index (χ4n) is 1.26. The number of nitrogens with one attached hydrogen (secondary N) is 1. The lowest BCUT2D eigenvalue weighted by Gasteiger charge is -2.17. The molecule has 10 heteroatoms. The van der Waals surface area contributed by atoms with Gasteiger partial charge in [-0.25, -0.2) is 13.6 Å². The molecule has 0 radical (unpaired) electrons. The third-order valence-corrected chi connectivity index (χ3v) is 3.19. The Morgan fingerprint density at radius 1 is 1.47 bits per heavy atom. The van der Waals surface area contributed by atoms with Gasteiger partial charge in [0.05, 0.1) is 11.3 Å². The molecule has 19 heavy (non-hydrogen) atoms. The molecule has 1 aromatic heterocycles. The molecular weight excluding hydrogens is 287 g/mol. The summed E-state index contributed by atoms with van der Waals surface area (Å²) in [7, 11) is -2.77. The SMILES string of the molecule is CN(CCC(F)(F)F)C(=O)c1cc(S(N)(=O)=O)c[nH]1. The van der Waals surface area contributed by atoms with Crippen LogP contribution in [0.4, 0.5) is 13.2 Å². The van der Waals surface area contributed by atoms with Gasteiger partial charge in [-0.3, -0.25) is 4.79 Å². The number of H-pyrrole nitrogens is 1. The van der Waals surface area contributed by atoms with E-state index < -0.39 is 35.1 Å². The molecule has 1 rings (SSSR count). The number of aromatic nitrogens is 1. The molecule has 0 unspecified atom stereocenters. The fourth-order valence-corrected chi connectivity index (χ4v) is 1.77. The van der Waals surface area contributed by atoms with Crippen LogP contribution < -0.4 is 5.14 Å². The van der Waals surface area contributed by atoms with Gasteiger partial charge in [-0.05, 0) is 6.07 Å². The summed E-state index contributed by atoms with van der Waals surface area (Å²) in [5, 5.41) is 4.84. The molecule has 0 aliphatic rings. The Morgan fingerprint density at radius 3 is 2.47 bits per heavy atom. The van der Waals surface area contributed by atoms with Gasteiger partial charge in [-0.2, -0.15) is 13.2 Å². The molecule has 0 aromatic carbocycles. The van der Waals surface area contributed by atoms with E-state index in [9.17, 15) is 26.4 Å². The number of primary sulfonamides is 1. The Morgan fingerprint density at radius 2 is 2.05 bits per heavy atom. The molecule has 0 saturated carbocycles. The van der Waals surface area contributed by atoms with Crippen molar-refractivity contribution in [2.45, 2.75) is 17.5 Å². The van der Waals surface area contributed by atoms with Crippen molar-refractivity contribution in [3.8, 4) is 0 Å². The van der Waals surface area contributed by atoms with Crippen molar-refractivity contribution in [3.05, 3.63) is 18.0 Å². The number of amides is 1. The van der Waals surface area contributed by atoms with E-state index in [-0.39, 0.29) is 10.6 Å². The van der Waals surface area contributed by atoms with Gasteiger partial charge in [0.25, 0.3) is 5.91 Å². The molecule has 108 valence electrons. The number of carbonyl (C=O) groups excluding carboxylic acids is 1. The lowest BCUT2D eigenvalue weighted by molar-refractivity contribution is -0.136. The van der Waals surface area contributed by atoms with E-state index in [0.717, 1.165) is 17.2 Å². The number of aromatic amines is 1. The Bertz CT molecular complexity index is 565. The minimum Gasteiger partial charge on any atom is -0.356 e. The van der Waals surface area contributed by atoms with Crippen molar-refractivity contribution in [3.63, 3.8) is 0 Å². The van der Waals surface area contributed by atoms with Gasteiger partial charge >= 0.3 is 6.18 Å². The van der Waals surface area contributed by atoms with Crippen molar-refractivity contribution in [2.24, 2.45) is 5.14 Å². The van der Waals surface area contributed by atoms with Gasteiger partial charge < -0.3 is 9.88 Å². The summed E-state index contributed by atoms with van der Waals surface area (Å²) in [6.45, 7) is -0.522. The van der Waals surface area contributed by atoms with Crippen LogP contribution in [-0.2, 0) is 10.0 Å². The first kappa shape index (κ1) is 15.5. The van der Waals surface area contributed by atoms with Gasteiger partial charge in [0.1, 0.15) is 5.69 Å². The van der Waals surface area contributed by atoms with Crippen LogP contribution in [0.15, 0.2) is 17.2 Å². The van der Waals surface area contributed by atoms with Gasteiger partial charge in [0.2, 0.25) is 10.0 Å². The van der Waals surface area contributed by atoms with E-state index in [1.54, 1.807) is 0 Å². The third kappa shape index (κ3) is 4.56. The fraction of sp³-hybridized carbons (Fsp3) is 0.444. The zero-order chi connectivity index (χ0) is 14.8.